The summed E-state index contributed by atoms with van der Waals surface area (Å²) in [7, 11) is 1.76. The Morgan fingerprint density at radius 3 is 2.46 bits per heavy atom. The summed E-state index contributed by atoms with van der Waals surface area (Å²) in [5.41, 5.74) is 7.18. The Kier molecular flexibility index (Phi) is 7.30. The van der Waals surface area contributed by atoms with E-state index >= 15 is 0 Å². The van der Waals surface area contributed by atoms with Crippen LogP contribution in [-0.2, 0) is 25.7 Å². The van der Waals surface area contributed by atoms with E-state index in [4.69, 9.17) is 14.7 Å². The van der Waals surface area contributed by atoms with Gasteiger partial charge in [0, 0.05) is 12.1 Å². The molecule has 1 aliphatic carbocycles. The van der Waals surface area contributed by atoms with Crippen molar-refractivity contribution in [3.05, 3.63) is 34.6 Å². The van der Waals surface area contributed by atoms with Crippen molar-refractivity contribution in [2.45, 2.75) is 78.6 Å². The quantitative estimate of drug-likeness (QED) is 0.561. The molecule has 1 aromatic heterocycles. The maximum atomic E-state index is 5.78. The lowest BCUT2D eigenvalue weighted by molar-refractivity contribution is 0.415. The molecule has 0 aliphatic heterocycles. The molecule has 0 radical (unpaired) electrons. The van der Waals surface area contributed by atoms with E-state index in [9.17, 15) is 0 Å². The first-order valence-electron chi connectivity index (χ1n) is 11.1. The summed E-state index contributed by atoms with van der Waals surface area (Å²) in [6.45, 7) is 7.52. The van der Waals surface area contributed by atoms with Crippen molar-refractivity contribution >= 4 is 5.82 Å². The van der Waals surface area contributed by atoms with E-state index in [2.05, 4.69) is 38.2 Å². The molecular weight excluding hydrogens is 346 g/mol. The number of benzene rings is 1. The van der Waals surface area contributed by atoms with Gasteiger partial charge in [0.05, 0.1) is 24.2 Å². The molecule has 0 saturated carbocycles. The van der Waals surface area contributed by atoms with Crippen molar-refractivity contribution in [2.24, 2.45) is 0 Å². The third-order valence-corrected chi connectivity index (χ3v) is 5.73. The molecule has 0 unspecified atom stereocenters. The Balaban J connectivity index is 2.07. The Labute approximate surface area is 170 Å². The average Bonchev–Trinajstić information content (AvgIpc) is 2.75. The number of aromatic nitrogens is 2. The van der Waals surface area contributed by atoms with Crippen molar-refractivity contribution in [3.8, 4) is 17.0 Å². The zero-order valence-electron chi connectivity index (χ0n) is 18.0. The molecule has 0 bridgehead atoms. The maximum absolute atomic E-state index is 5.78. The first-order valence-corrected chi connectivity index (χ1v) is 11.1. The fourth-order valence-corrected chi connectivity index (χ4v) is 4.16. The first kappa shape index (κ1) is 20.6. The number of fused-ring (bicyclic) bond motifs is 1. The largest absolute Gasteiger partial charge is 0.496 e. The number of unbranched alkanes of at least 4 members (excludes halogenated alkanes) is 2. The van der Waals surface area contributed by atoms with Crippen LogP contribution >= 0.6 is 0 Å². The van der Waals surface area contributed by atoms with Gasteiger partial charge in [-0.2, -0.15) is 0 Å². The minimum atomic E-state index is 0.864. The van der Waals surface area contributed by atoms with Gasteiger partial charge < -0.3 is 10.1 Å². The summed E-state index contributed by atoms with van der Waals surface area (Å²) in [6.07, 6.45) is 10.1. The highest BCUT2D eigenvalue weighted by Crippen LogP contribution is 2.39. The minimum Gasteiger partial charge on any atom is -0.496 e. The maximum Gasteiger partial charge on any atom is 0.148 e. The van der Waals surface area contributed by atoms with Crippen molar-refractivity contribution in [1.82, 2.24) is 9.97 Å². The molecule has 3 rings (SSSR count). The van der Waals surface area contributed by atoms with Crippen LogP contribution in [0.15, 0.2) is 12.1 Å². The van der Waals surface area contributed by atoms with E-state index in [1.807, 2.05) is 0 Å². The van der Waals surface area contributed by atoms with Gasteiger partial charge in [0.25, 0.3) is 0 Å². The fraction of sp³-hybridized carbons (Fsp3) is 0.583. The standard InChI is InChI=1S/C24H35N3O/c1-5-8-11-16-25-24-20(7-3)26-23(19(6-2)27-24)22-18-13-10-9-12-17(18)14-15-21(22)28-4/h14-15H,5-13,16H2,1-4H3,(H,25,27). The highest BCUT2D eigenvalue weighted by molar-refractivity contribution is 5.75. The zero-order chi connectivity index (χ0) is 19.9. The number of nitrogens with zero attached hydrogens (tertiary/aromatic N) is 2. The number of methoxy groups -OCH3 is 1. The minimum absolute atomic E-state index is 0.864. The monoisotopic (exact) mass is 381 g/mol. The van der Waals surface area contributed by atoms with Gasteiger partial charge in [-0.25, -0.2) is 9.97 Å². The number of hydrogen-bond acceptors (Lipinski definition) is 4. The van der Waals surface area contributed by atoms with Crippen molar-refractivity contribution < 1.29 is 4.74 Å². The molecular formula is C24H35N3O. The van der Waals surface area contributed by atoms with Gasteiger partial charge in [0.2, 0.25) is 0 Å². The second-order valence-corrected chi connectivity index (χ2v) is 7.64. The van der Waals surface area contributed by atoms with Crippen LogP contribution in [0.5, 0.6) is 5.75 Å². The van der Waals surface area contributed by atoms with Gasteiger partial charge in [0.15, 0.2) is 0 Å². The van der Waals surface area contributed by atoms with Crippen LogP contribution in [0.3, 0.4) is 0 Å². The molecule has 1 N–H and O–H groups in total. The van der Waals surface area contributed by atoms with Crippen LogP contribution < -0.4 is 10.1 Å². The number of aryl methyl sites for hydroxylation is 3. The molecule has 0 fully saturated rings. The highest BCUT2D eigenvalue weighted by Gasteiger charge is 2.23. The van der Waals surface area contributed by atoms with E-state index in [0.29, 0.717) is 0 Å². The molecule has 1 aromatic carbocycles. The second-order valence-electron chi connectivity index (χ2n) is 7.64. The molecule has 28 heavy (non-hydrogen) atoms. The molecule has 0 amide bonds. The summed E-state index contributed by atoms with van der Waals surface area (Å²) >= 11 is 0. The molecule has 4 nitrogen and oxygen atoms in total. The van der Waals surface area contributed by atoms with Crippen LogP contribution in [0.2, 0.25) is 0 Å². The zero-order valence-corrected chi connectivity index (χ0v) is 18.0. The van der Waals surface area contributed by atoms with Gasteiger partial charge >= 0.3 is 0 Å². The molecule has 0 saturated heterocycles. The van der Waals surface area contributed by atoms with Crippen LogP contribution in [-0.4, -0.2) is 23.6 Å². The smallest absolute Gasteiger partial charge is 0.148 e. The number of nitrogens with one attached hydrogen (secondary N) is 1. The number of hydrogen-bond donors (Lipinski definition) is 1. The predicted octanol–water partition coefficient (Wildman–Crippen LogP) is 5.76. The van der Waals surface area contributed by atoms with Crippen LogP contribution in [0.1, 0.15) is 75.4 Å². The summed E-state index contributed by atoms with van der Waals surface area (Å²) in [5.74, 6) is 1.89. The number of rotatable bonds is 9. The predicted molar refractivity (Wildman–Crippen MR) is 117 cm³/mol. The average molecular weight is 382 g/mol. The second kappa shape index (κ2) is 9.90. The van der Waals surface area contributed by atoms with E-state index in [0.717, 1.165) is 60.9 Å². The number of anilines is 1. The van der Waals surface area contributed by atoms with Crippen LogP contribution in [0.25, 0.3) is 11.3 Å². The van der Waals surface area contributed by atoms with Gasteiger partial charge in [-0.3, -0.25) is 0 Å². The molecule has 1 aliphatic rings. The number of ether oxygens (including phenoxy) is 1. The molecule has 4 heteroatoms. The molecule has 2 aromatic rings. The molecule has 0 atom stereocenters. The van der Waals surface area contributed by atoms with E-state index in [1.54, 1.807) is 7.11 Å². The van der Waals surface area contributed by atoms with Gasteiger partial charge in [-0.15, -0.1) is 0 Å². The van der Waals surface area contributed by atoms with E-state index in [-0.39, 0.29) is 0 Å². The van der Waals surface area contributed by atoms with Crippen LogP contribution in [0, 0.1) is 0 Å². The third-order valence-electron chi connectivity index (χ3n) is 5.73. The van der Waals surface area contributed by atoms with Gasteiger partial charge in [-0.05, 0) is 62.1 Å². The Morgan fingerprint density at radius 1 is 0.964 bits per heavy atom. The lowest BCUT2D eigenvalue weighted by Gasteiger charge is -2.23. The molecule has 0 spiro atoms. The van der Waals surface area contributed by atoms with E-state index < -0.39 is 0 Å². The summed E-state index contributed by atoms with van der Waals surface area (Å²) in [5, 5.41) is 3.54. The molecule has 1 heterocycles. The lowest BCUT2D eigenvalue weighted by Crippen LogP contribution is -2.13. The summed E-state index contributed by atoms with van der Waals surface area (Å²) < 4.78 is 5.78. The first-order chi connectivity index (χ1) is 13.7. The highest BCUT2D eigenvalue weighted by atomic mass is 16.5. The van der Waals surface area contributed by atoms with Gasteiger partial charge in [0.1, 0.15) is 11.6 Å². The fourth-order valence-electron chi connectivity index (χ4n) is 4.16. The summed E-state index contributed by atoms with van der Waals surface area (Å²) in [4.78, 5) is 10.2. The normalized spacial score (nSPS) is 13.3. The topological polar surface area (TPSA) is 47.0 Å². The Morgan fingerprint density at radius 2 is 1.75 bits per heavy atom. The van der Waals surface area contributed by atoms with Crippen molar-refractivity contribution in [2.75, 3.05) is 19.0 Å². The van der Waals surface area contributed by atoms with E-state index in [1.165, 1.54) is 48.8 Å². The van der Waals surface area contributed by atoms with Crippen molar-refractivity contribution in [3.63, 3.8) is 0 Å². The van der Waals surface area contributed by atoms with Crippen molar-refractivity contribution in [1.29, 1.82) is 0 Å². The molecule has 152 valence electrons. The SMILES string of the molecule is CCCCCNc1nc(CC)c(-c2c(OC)ccc3c2CCCC3)nc1CC. The third kappa shape index (κ3) is 4.31. The Bertz CT molecular complexity index is 801. The lowest BCUT2D eigenvalue weighted by atomic mass is 9.86. The van der Waals surface area contributed by atoms with Gasteiger partial charge in [-0.1, -0.05) is 39.7 Å². The Hall–Kier alpha value is -2.10. The van der Waals surface area contributed by atoms with Crippen LogP contribution in [0.4, 0.5) is 5.82 Å². The summed E-state index contributed by atoms with van der Waals surface area (Å²) in [6, 6.07) is 4.35.